The average molecular weight is 231 g/mol. The molecule has 82 valence electrons. The van der Waals surface area contributed by atoms with E-state index in [1.165, 1.54) is 0 Å². The predicted octanol–water partition coefficient (Wildman–Crippen LogP) is 3.23. The molecule has 0 amide bonds. The Bertz CT molecular complexity index is 511. The Hall–Kier alpha value is -1.61. The number of thiol groups is 1. The number of nitrogens with two attached hydrogens (primary N) is 1. The zero-order valence-electron chi connectivity index (χ0n) is 8.97. The Morgan fingerprint density at radius 2 is 1.81 bits per heavy atom. The van der Waals surface area contributed by atoms with Gasteiger partial charge in [0.15, 0.2) is 0 Å². The van der Waals surface area contributed by atoms with Crippen molar-refractivity contribution in [2.75, 3.05) is 12.8 Å². The van der Waals surface area contributed by atoms with Gasteiger partial charge in [0.2, 0.25) is 0 Å². The van der Waals surface area contributed by atoms with Gasteiger partial charge in [-0.25, -0.2) is 0 Å². The SMILES string of the molecule is COc1ccc(N)c(-c2ccccc2S)c1. The quantitative estimate of drug-likeness (QED) is 0.615. The molecular weight excluding hydrogens is 218 g/mol. The molecule has 0 unspecified atom stereocenters. The zero-order valence-corrected chi connectivity index (χ0v) is 9.87. The van der Waals surface area contributed by atoms with Gasteiger partial charge in [0, 0.05) is 16.1 Å². The maximum atomic E-state index is 5.96. The van der Waals surface area contributed by atoms with Crippen LogP contribution in [0.3, 0.4) is 0 Å². The van der Waals surface area contributed by atoms with Crippen LogP contribution in [-0.4, -0.2) is 7.11 Å². The molecule has 3 heteroatoms. The largest absolute Gasteiger partial charge is 0.497 e. The second-order valence-electron chi connectivity index (χ2n) is 3.47. The van der Waals surface area contributed by atoms with Crippen LogP contribution in [0, 0.1) is 0 Å². The fourth-order valence-corrected chi connectivity index (χ4v) is 1.88. The number of hydrogen-bond acceptors (Lipinski definition) is 3. The molecule has 2 aromatic rings. The van der Waals surface area contributed by atoms with Crippen molar-refractivity contribution in [1.82, 2.24) is 0 Å². The monoisotopic (exact) mass is 231 g/mol. The Kier molecular flexibility index (Phi) is 3.06. The molecule has 0 bridgehead atoms. The first-order chi connectivity index (χ1) is 7.72. The summed E-state index contributed by atoms with van der Waals surface area (Å²) < 4.78 is 5.19. The van der Waals surface area contributed by atoms with E-state index in [1.54, 1.807) is 7.11 Å². The van der Waals surface area contributed by atoms with Crippen molar-refractivity contribution < 1.29 is 4.74 Å². The van der Waals surface area contributed by atoms with Crippen molar-refractivity contribution in [2.45, 2.75) is 4.90 Å². The number of anilines is 1. The third kappa shape index (κ3) is 1.99. The maximum absolute atomic E-state index is 5.96. The van der Waals surface area contributed by atoms with Crippen molar-refractivity contribution in [3.05, 3.63) is 42.5 Å². The fourth-order valence-electron chi connectivity index (χ4n) is 1.60. The van der Waals surface area contributed by atoms with E-state index in [4.69, 9.17) is 10.5 Å². The molecule has 0 radical (unpaired) electrons. The Labute approximate surface area is 100 Å². The average Bonchev–Trinajstić information content (AvgIpc) is 2.31. The Balaban J connectivity index is 2.59. The first-order valence-corrected chi connectivity index (χ1v) is 5.39. The molecular formula is C13H13NOS. The summed E-state index contributed by atoms with van der Waals surface area (Å²) in [5.74, 6) is 0.792. The minimum Gasteiger partial charge on any atom is -0.497 e. The van der Waals surface area contributed by atoms with E-state index in [-0.39, 0.29) is 0 Å². The van der Waals surface area contributed by atoms with E-state index in [1.807, 2.05) is 42.5 Å². The van der Waals surface area contributed by atoms with Crippen molar-refractivity contribution >= 4 is 18.3 Å². The van der Waals surface area contributed by atoms with Crippen molar-refractivity contribution in [1.29, 1.82) is 0 Å². The number of rotatable bonds is 2. The molecule has 2 rings (SSSR count). The summed E-state index contributed by atoms with van der Waals surface area (Å²) in [7, 11) is 1.64. The third-order valence-electron chi connectivity index (χ3n) is 2.45. The number of methoxy groups -OCH3 is 1. The van der Waals surface area contributed by atoms with Gasteiger partial charge in [-0.1, -0.05) is 18.2 Å². The van der Waals surface area contributed by atoms with Crippen molar-refractivity contribution in [3.63, 3.8) is 0 Å². The summed E-state index contributed by atoms with van der Waals surface area (Å²) in [5, 5.41) is 0. The molecule has 16 heavy (non-hydrogen) atoms. The minimum atomic E-state index is 0.724. The van der Waals surface area contributed by atoms with Gasteiger partial charge < -0.3 is 10.5 Å². The van der Waals surface area contributed by atoms with Gasteiger partial charge in [-0.2, -0.15) is 0 Å². The van der Waals surface area contributed by atoms with E-state index in [9.17, 15) is 0 Å². The predicted molar refractivity (Wildman–Crippen MR) is 70.1 cm³/mol. The summed E-state index contributed by atoms with van der Waals surface area (Å²) in [6.45, 7) is 0. The van der Waals surface area contributed by atoms with Crippen LogP contribution in [-0.2, 0) is 0 Å². The summed E-state index contributed by atoms with van der Waals surface area (Å²) in [5.41, 5.74) is 8.64. The molecule has 0 aliphatic rings. The highest BCUT2D eigenvalue weighted by atomic mass is 32.1. The van der Waals surface area contributed by atoms with Crippen LogP contribution in [0.15, 0.2) is 47.4 Å². The van der Waals surface area contributed by atoms with E-state index in [0.29, 0.717) is 0 Å². The second kappa shape index (κ2) is 4.49. The van der Waals surface area contributed by atoms with Gasteiger partial charge in [0.05, 0.1) is 7.11 Å². The second-order valence-corrected chi connectivity index (χ2v) is 3.95. The molecule has 0 saturated heterocycles. The highest BCUT2D eigenvalue weighted by Gasteiger charge is 2.06. The lowest BCUT2D eigenvalue weighted by molar-refractivity contribution is 0.415. The van der Waals surface area contributed by atoms with E-state index in [0.717, 1.165) is 27.5 Å². The summed E-state index contributed by atoms with van der Waals surface area (Å²) in [4.78, 5) is 0.905. The van der Waals surface area contributed by atoms with Gasteiger partial charge in [-0.05, 0) is 29.8 Å². The lowest BCUT2D eigenvalue weighted by atomic mass is 10.0. The van der Waals surface area contributed by atoms with Gasteiger partial charge in [0.1, 0.15) is 5.75 Å². The Morgan fingerprint density at radius 1 is 1.06 bits per heavy atom. The number of ether oxygens (including phenoxy) is 1. The summed E-state index contributed by atoms with van der Waals surface area (Å²) in [6, 6.07) is 13.5. The maximum Gasteiger partial charge on any atom is 0.119 e. The van der Waals surface area contributed by atoms with Crippen LogP contribution in [0.1, 0.15) is 0 Å². The first-order valence-electron chi connectivity index (χ1n) is 4.94. The van der Waals surface area contributed by atoms with E-state index >= 15 is 0 Å². The van der Waals surface area contributed by atoms with Crippen LogP contribution in [0.5, 0.6) is 5.75 Å². The molecule has 2 nitrogen and oxygen atoms in total. The van der Waals surface area contributed by atoms with Crippen LogP contribution in [0.4, 0.5) is 5.69 Å². The standard InChI is InChI=1S/C13H13NOS/c1-15-9-6-7-12(14)11(8-9)10-4-2-3-5-13(10)16/h2-8,16H,14H2,1H3. The van der Waals surface area contributed by atoms with E-state index in [2.05, 4.69) is 12.6 Å². The number of hydrogen-bond donors (Lipinski definition) is 2. The number of nitrogen functional groups attached to an aromatic ring is 1. The number of benzene rings is 2. The molecule has 0 atom stereocenters. The molecule has 0 saturated carbocycles. The van der Waals surface area contributed by atoms with Crippen LogP contribution in [0.25, 0.3) is 11.1 Å². The molecule has 2 N–H and O–H groups in total. The lowest BCUT2D eigenvalue weighted by Gasteiger charge is -2.10. The highest BCUT2D eigenvalue weighted by Crippen LogP contribution is 2.33. The van der Waals surface area contributed by atoms with Crippen molar-refractivity contribution in [2.24, 2.45) is 0 Å². The minimum absolute atomic E-state index is 0.724. The van der Waals surface area contributed by atoms with Crippen molar-refractivity contribution in [3.8, 4) is 16.9 Å². The molecule has 0 aromatic heterocycles. The third-order valence-corrected chi connectivity index (χ3v) is 2.84. The molecule has 0 heterocycles. The first kappa shape index (κ1) is 10.9. The van der Waals surface area contributed by atoms with Gasteiger partial charge in [-0.15, -0.1) is 12.6 Å². The lowest BCUT2D eigenvalue weighted by Crippen LogP contribution is -1.92. The molecule has 2 aromatic carbocycles. The zero-order chi connectivity index (χ0) is 11.5. The van der Waals surface area contributed by atoms with Crippen LogP contribution >= 0.6 is 12.6 Å². The summed E-state index contributed by atoms with van der Waals surface area (Å²) in [6.07, 6.45) is 0. The van der Waals surface area contributed by atoms with Crippen LogP contribution < -0.4 is 10.5 Å². The molecule has 0 spiro atoms. The molecule has 0 aliphatic heterocycles. The molecule has 0 aliphatic carbocycles. The summed E-state index contributed by atoms with van der Waals surface area (Å²) >= 11 is 4.42. The fraction of sp³-hybridized carbons (Fsp3) is 0.0769. The van der Waals surface area contributed by atoms with Crippen LogP contribution in [0.2, 0.25) is 0 Å². The van der Waals surface area contributed by atoms with Gasteiger partial charge in [-0.3, -0.25) is 0 Å². The highest BCUT2D eigenvalue weighted by molar-refractivity contribution is 7.80. The molecule has 0 fully saturated rings. The smallest absolute Gasteiger partial charge is 0.119 e. The van der Waals surface area contributed by atoms with E-state index < -0.39 is 0 Å². The normalized spacial score (nSPS) is 10.1. The van der Waals surface area contributed by atoms with Gasteiger partial charge in [0.25, 0.3) is 0 Å². The van der Waals surface area contributed by atoms with Gasteiger partial charge >= 0.3 is 0 Å². The topological polar surface area (TPSA) is 35.2 Å². The Morgan fingerprint density at radius 3 is 2.50 bits per heavy atom.